The first-order valence-electron chi connectivity index (χ1n) is 3.67. The zero-order valence-corrected chi connectivity index (χ0v) is 13.5. The Hall–Kier alpha value is 2.17. The molecule has 0 spiro atoms. The Kier molecular flexibility index (Phi) is 7.05. The molecule has 0 amide bonds. The highest BCUT2D eigenvalue weighted by Gasteiger charge is 2.41. The largest absolute Gasteiger partial charge is 0.341 e. The zero-order valence-electron chi connectivity index (χ0n) is 6.97. The third-order valence-corrected chi connectivity index (χ3v) is 13.8. The van der Waals surface area contributed by atoms with E-state index in [9.17, 15) is 0 Å². The predicted molar refractivity (Wildman–Crippen MR) is 70.3 cm³/mol. The summed E-state index contributed by atoms with van der Waals surface area (Å²) in [5, 5.41) is 0. The summed E-state index contributed by atoms with van der Waals surface area (Å²) in [4.78, 5) is 0. The van der Waals surface area contributed by atoms with E-state index in [2.05, 4.69) is 0 Å². The molecule has 0 aromatic rings. The smallest absolute Gasteiger partial charge is 0.146 e. The third kappa shape index (κ3) is 9.12. The zero-order chi connectivity index (χ0) is 10.7. The van der Waals surface area contributed by atoms with E-state index in [0.29, 0.717) is 17.6 Å². The molecule has 0 unspecified atom stereocenters. The van der Waals surface area contributed by atoms with Gasteiger partial charge in [0.05, 0.1) is 0 Å². The van der Waals surface area contributed by atoms with Crippen molar-refractivity contribution in [2.24, 2.45) is 5.92 Å². The van der Waals surface area contributed by atoms with Gasteiger partial charge < -0.3 is 0 Å². The van der Waals surface area contributed by atoms with Crippen LogP contribution in [0.4, 0.5) is 0 Å². The van der Waals surface area contributed by atoms with Crippen LogP contribution in [0.15, 0.2) is 0 Å². The van der Waals surface area contributed by atoms with Crippen LogP contribution in [0, 0.1) is 5.92 Å². The number of halogens is 6. The van der Waals surface area contributed by atoms with Crippen LogP contribution in [0.2, 0.25) is 11.7 Å². The maximum Gasteiger partial charge on any atom is 0.341 e. The molecule has 0 fully saturated rings. The summed E-state index contributed by atoms with van der Waals surface area (Å²) in [5.41, 5.74) is 0.370. The predicted octanol–water partition coefficient (Wildman–Crippen LogP) is 4.98. The molecule has 0 N–H and O–H groups in total. The van der Waals surface area contributed by atoms with Crippen LogP contribution < -0.4 is 0 Å². The summed E-state index contributed by atoms with van der Waals surface area (Å²) in [6.07, 6.45) is 0. The maximum atomic E-state index is 6.12. The molecule has 80 valence electrons. The summed E-state index contributed by atoms with van der Waals surface area (Å²) < 4.78 is 0. The number of alkyl halides is 1. The van der Waals surface area contributed by atoms with Gasteiger partial charge >= 0.3 is 6.00 Å². The standard InChI is InChI=1S/C5H10Cl6Si2/c1-5(2-6)3-12(7,8)4-13(9,10)11/h5H,2-4H2,1H3/t5-/m0/s1. The average molecular weight is 339 g/mol. The molecule has 0 aliphatic carbocycles. The molecule has 0 aliphatic rings. The molecule has 13 heavy (non-hydrogen) atoms. The van der Waals surface area contributed by atoms with Gasteiger partial charge in [-0.15, -0.1) is 67.0 Å². The van der Waals surface area contributed by atoms with Crippen molar-refractivity contribution in [3.63, 3.8) is 0 Å². The van der Waals surface area contributed by atoms with Crippen molar-refractivity contribution in [1.82, 2.24) is 0 Å². The Bertz CT molecular complexity index is 156. The fourth-order valence-electron chi connectivity index (χ4n) is 0.930. The third-order valence-electron chi connectivity index (χ3n) is 1.37. The maximum absolute atomic E-state index is 6.12. The Morgan fingerprint density at radius 2 is 1.54 bits per heavy atom. The Balaban J connectivity index is 4.08. The van der Waals surface area contributed by atoms with E-state index in [1.54, 1.807) is 0 Å². The topological polar surface area (TPSA) is 0 Å². The summed E-state index contributed by atoms with van der Waals surface area (Å²) in [6.45, 7) is -0.411. The lowest BCUT2D eigenvalue weighted by molar-refractivity contribution is 0.736. The lowest BCUT2D eigenvalue weighted by Gasteiger charge is -2.22. The minimum atomic E-state index is -2.70. The van der Waals surface area contributed by atoms with E-state index >= 15 is 0 Å². The van der Waals surface area contributed by atoms with Crippen molar-refractivity contribution in [2.75, 3.05) is 5.88 Å². The van der Waals surface area contributed by atoms with Gasteiger partial charge in [-0.25, -0.2) is 0 Å². The minimum Gasteiger partial charge on any atom is -0.146 e. The molecule has 8 heteroatoms. The van der Waals surface area contributed by atoms with E-state index in [-0.39, 0.29) is 5.92 Å². The summed E-state index contributed by atoms with van der Waals surface area (Å²) in [6, 6.07) is -2.02. The van der Waals surface area contributed by atoms with Gasteiger partial charge in [0, 0.05) is 11.5 Å². The van der Waals surface area contributed by atoms with E-state index in [0.717, 1.165) is 0 Å². The van der Waals surface area contributed by atoms with Crippen LogP contribution in [0.3, 0.4) is 0 Å². The molecule has 1 atom stereocenters. The second-order valence-electron chi connectivity index (χ2n) is 3.11. The molecular weight excluding hydrogens is 329 g/mol. The van der Waals surface area contributed by atoms with Crippen LogP contribution in [0.25, 0.3) is 0 Å². The van der Waals surface area contributed by atoms with E-state index in [4.69, 9.17) is 67.0 Å². The highest BCUT2D eigenvalue weighted by molar-refractivity contribution is 7.69. The molecule has 0 radical (unpaired) electrons. The summed E-state index contributed by atoms with van der Waals surface area (Å²) in [5.74, 6) is 0.819. The van der Waals surface area contributed by atoms with Crippen LogP contribution in [-0.2, 0) is 0 Å². The summed E-state index contributed by atoms with van der Waals surface area (Å²) >= 11 is 35.1. The van der Waals surface area contributed by atoms with Crippen molar-refractivity contribution in [1.29, 1.82) is 0 Å². The molecule has 0 nitrogen and oxygen atoms in total. The van der Waals surface area contributed by atoms with E-state index in [1.165, 1.54) is 0 Å². The number of hydrogen-bond donors (Lipinski definition) is 0. The van der Waals surface area contributed by atoms with Gasteiger partial charge in [0.1, 0.15) is 0 Å². The molecular formula is C5H10Cl6Si2. The van der Waals surface area contributed by atoms with Gasteiger partial charge in [0.2, 0.25) is 0 Å². The van der Waals surface area contributed by atoms with Gasteiger partial charge in [-0.3, -0.25) is 0 Å². The first kappa shape index (κ1) is 15.2. The first-order valence-corrected chi connectivity index (χ1v) is 13.9. The quantitative estimate of drug-likeness (QED) is 0.377. The highest BCUT2D eigenvalue weighted by Crippen LogP contribution is 2.38. The Labute approximate surface area is 109 Å². The second kappa shape index (κ2) is 6.04. The Morgan fingerprint density at radius 3 is 1.85 bits per heavy atom. The molecule has 0 aromatic carbocycles. The summed E-state index contributed by atoms with van der Waals surface area (Å²) in [7, 11) is 0. The van der Waals surface area contributed by atoms with Crippen LogP contribution in [-0.4, -0.2) is 18.6 Å². The fraction of sp³-hybridized carbons (Fsp3) is 1.00. The highest BCUT2D eigenvalue weighted by atomic mass is 35.8. The second-order valence-corrected chi connectivity index (χ2v) is 20.7. The van der Waals surface area contributed by atoms with Gasteiger partial charge in [-0.1, -0.05) is 6.92 Å². The lowest BCUT2D eigenvalue weighted by atomic mass is 10.3. The SMILES string of the molecule is C[C@@H](CCl)C[Si](Cl)(Cl)C[Si](Cl)(Cl)Cl. The van der Waals surface area contributed by atoms with Crippen molar-refractivity contribution in [3.8, 4) is 0 Å². The molecule has 0 saturated heterocycles. The van der Waals surface area contributed by atoms with Crippen LogP contribution in [0.5, 0.6) is 0 Å². The van der Waals surface area contributed by atoms with E-state index < -0.39 is 12.7 Å². The molecule has 0 saturated carbocycles. The number of rotatable bonds is 5. The lowest BCUT2D eigenvalue weighted by Crippen LogP contribution is -2.31. The molecule has 0 aliphatic heterocycles. The first-order chi connectivity index (χ1) is 5.66. The number of hydrogen-bond acceptors (Lipinski definition) is 0. The van der Waals surface area contributed by atoms with Crippen molar-refractivity contribution >= 4 is 79.7 Å². The normalized spacial score (nSPS) is 15.9. The van der Waals surface area contributed by atoms with Gasteiger partial charge in [-0.05, 0) is 12.0 Å². The van der Waals surface area contributed by atoms with Gasteiger partial charge in [0.25, 0.3) is 6.69 Å². The molecule has 0 rings (SSSR count). The van der Waals surface area contributed by atoms with Gasteiger partial charge in [0.15, 0.2) is 0 Å². The van der Waals surface area contributed by atoms with Crippen LogP contribution >= 0.6 is 67.0 Å². The average Bonchev–Trinajstić information content (AvgIpc) is 1.80. The van der Waals surface area contributed by atoms with Crippen molar-refractivity contribution in [3.05, 3.63) is 0 Å². The van der Waals surface area contributed by atoms with Gasteiger partial charge in [-0.2, -0.15) is 0 Å². The van der Waals surface area contributed by atoms with Crippen molar-refractivity contribution in [2.45, 2.75) is 18.6 Å². The van der Waals surface area contributed by atoms with Crippen molar-refractivity contribution < 1.29 is 0 Å². The van der Waals surface area contributed by atoms with Crippen LogP contribution in [0.1, 0.15) is 6.92 Å². The van der Waals surface area contributed by atoms with E-state index in [1.807, 2.05) is 6.92 Å². The fourth-order valence-corrected chi connectivity index (χ4v) is 20.4. The minimum absolute atomic E-state index is 0.282. The molecule has 0 aromatic heterocycles. The monoisotopic (exact) mass is 336 g/mol. The molecule has 0 heterocycles. The molecule has 0 bridgehead atoms. The Morgan fingerprint density at radius 1 is 1.08 bits per heavy atom.